The largest absolute Gasteiger partial charge is 0.448 e. The van der Waals surface area contributed by atoms with E-state index in [1.54, 1.807) is 30.3 Å². The van der Waals surface area contributed by atoms with Crippen LogP contribution in [0.25, 0.3) is 0 Å². The molecule has 1 aliphatic heterocycles. The van der Waals surface area contributed by atoms with Gasteiger partial charge in [-0.2, -0.15) is 5.10 Å². The minimum atomic E-state index is -1.23. The maximum atomic E-state index is 12.4. The Morgan fingerprint density at radius 1 is 1.13 bits per heavy atom. The highest BCUT2D eigenvalue weighted by atomic mass is 16.6. The minimum absolute atomic E-state index is 0.00351. The third-order valence-corrected chi connectivity index (χ3v) is 4.28. The van der Waals surface area contributed by atoms with Crippen molar-refractivity contribution >= 4 is 40.6 Å². The Balaban J connectivity index is 1.68. The number of ether oxygens (including phenoxy) is 1. The summed E-state index contributed by atoms with van der Waals surface area (Å²) < 4.78 is 5.15. The molecule has 30 heavy (non-hydrogen) atoms. The van der Waals surface area contributed by atoms with Gasteiger partial charge in [0.15, 0.2) is 6.10 Å². The van der Waals surface area contributed by atoms with Crippen molar-refractivity contribution in [3.8, 4) is 0 Å². The number of rotatable bonds is 6. The molecule has 2 aromatic rings. The molecule has 0 saturated carbocycles. The molecule has 154 valence electrons. The van der Waals surface area contributed by atoms with E-state index in [1.165, 1.54) is 31.2 Å². The van der Waals surface area contributed by atoms with E-state index in [9.17, 15) is 24.5 Å². The molecule has 10 nitrogen and oxygen atoms in total. The lowest BCUT2D eigenvalue weighted by Gasteiger charge is -2.23. The predicted octanol–water partition coefficient (Wildman–Crippen LogP) is 2.65. The number of nitrogens with one attached hydrogen (secondary N) is 1. The topological polar surface area (TPSA) is 131 Å². The number of anilines is 2. The number of nitro groups is 1. The Bertz CT molecular complexity index is 1020. The Morgan fingerprint density at radius 3 is 2.50 bits per heavy atom. The molecule has 10 heteroatoms. The molecule has 0 saturated heterocycles. The standard InChI is InChI=1S/C20H18N4O6/c1-13(19(26)21-15-9-5-6-10-17(15)24(28)29)30-20(27)16-11-12-18(25)23(22-16)14-7-3-2-4-8-14/h2-10,13H,11-12H2,1H3,(H,21,26). The van der Waals surface area contributed by atoms with Gasteiger partial charge in [0, 0.05) is 18.9 Å². The number of hydrogen-bond acceptors (Lipinski definition) is 7. The van der Waals surface area contributed by atoms with Gasteiger partial charge in [-0.1, -0.05) is 30.3 Å². The summed E-state index contributed by atoms with van der Waals surface area (Å²) >= 11 is 0. The molecular weight excluding hydrogens is 392 g/mol. The van der Waals surface area contributed by atoms with Crippen molar-refractivity contribution in [2.75, 3.05) is 10.3 Å². The van der Waals surface area contributed by atoms with Crippen LogP contribution in [-0.4, -0.2) is 34.5 Å². The van der Waals surface area contributed by atoms with Crippen LogP contribution in [0, 0.1) is 10.1 Å². The van der Waals surface area contributed by atoms with Gasteiger partial charge in [-0.05, 0) is 25.1 Å². The van der Waals surface area contributed by atoms with E-state index < -0.39 is 22.9 Å². The monoisotopic (exact) mass is 410 g/mol. The average molecular weight is 410 g/mol. The highest BCUT2D eigenvalue weighted by Crippen LogP contribution is 2.24. The van der Waals surface area contributed by atoms with Crippen LogP contribution in [-0.2, 0) is 19.1 Å². The molecule has 1 atom stereocenters. The van der Waals surface area contributed by atoms with E-state index in [4.69, 9.17) is 4.74 Å². The van der Waals surface area contributed by atoms with Crippen LogP contribution in [0.4, 0.5) is 17.1 Å². The van der Waals surface area contributed by atoms with E-state index in [-0.39, 0.29) is 35.8 Å². The number of carbonyl (C=O) groups excluding carboxylic acids is 3. The Hall–Kier alpha value is -4.08. The Morgan fingerprint density at radius 2 is 1.80 bits per heavy atom. The summed E-state index contributed by atoms with van der Waals surface area (Å²) in [6.07, 6.45) is -1.08. The zero-order valence-corrected chi connectivity index (χ0v) is 16.0. The second-order valence-electron chi connectivity index (χ2n) is 6.40. The number of benzene rings is 2. The van der Waals surface area contributed by atoms with E-state index in [0.717, 1.165) is 5.01 Å². The Labute approximate surface area is 171 Å². The third-order valence-electron chi connectivity index (χ3n) is 4.28. The van der Waals surface area contributed by atoms with Crippen LogP contribution >= 0.6 is 0 Å². The van der Waals surface area contributed by atoms with Crippen molar-refractivity contribution in [3.05, 3.63) is 64.7 Å². The zero-order chi connectivity index (χ0) is 21.7. The lowest BCUT2D eigenvalue weighted by molar-refractivity contribution is -0.383. The summed E-state index contributed by atoms with van der Waals surface area (Å²) in [6.45, 7) is 1.34. The van der Waals surface area contributed by atoms with E-state index >= 15 is 0 Å². The number of hydrogen-bond donors (Lipinski definition) is 1. The van der Waals surface area contributed by atoms with E-state index in [1.807, 2.05) is 0 Å². The second kappa shape index (κ2) is 8.95. The summed E-state index contributed by atoms with van der Waals surface area (Å²) in [5.74, 6) is -1.83. The lowest BCUT2D eigenvalue weighted by Crippen LogP contribution is -2.37. The first-order valence-electron chi connectivity index (χ1n) is 9.07. The highest BCUT2D eigenvalue weighted by molar-refractivity contribution is 6.38. The highest BCUT2D eigenvalue weighted by Gasteiger charge is 2.29. The molecule has 2 amide bonds. The molecule has 0 spiro atoms. The van der Waals surface area contributed by atoms with E-state index in [0.29, 0.717) is 5.69 Å². The Kier molecular flexibility index (Phi) is 6.16. The van der Waals surface area contributed by atoms with Crippen LogP contribution in [0.2, 0.25) is 0 Å². The van der Waals surface area contributed by atoms with Gasteiger partial charge in [-0.15, -0.1) is 0 Å². The molecule has 1 N–H and O–H groups in total. The van der Waals surface area contributed by atoms with Gasteiger partial charge in [-0.25, -0.2) is 9.80 Å². The third kappa shape index (κ3) is 4.66. The first-order chi connectivity index (χ1) is 14.4. The summed E-state index contributed by atoms with van der Waals surface area (Å²) in [5, 5.41) is 18.6. The molecular formula is C20H18N4O6. The predicted molar refractivity (Wildman–Crippen MR) is 108 cm³/mol. The van der Waals surface area contributed by atoms with Crippen molar-refractivity contribution in [2.24, 2.45) is 5.10 Å². The fraction of sp³-hybridized carbons (Fsp3) is 0.200. The number of esters is 1. The van der Waals surface area contributed by atoms with Crippen molar-refractivity contribution in [3.63, 3.8) is 0 Å². The molecule has 0 bridgehead atoms. The van der Waals surface area contributed by atoms with Gasteiger partial charge < -0.3 is 10.1 Å². The number of nitrogens with zero attached hydrogens (tertiary/aromatic N) is 3. The second-order valence-corrected chi connectivity index (χ2v) is 6.40. The molecule has 1 unspecified atom stereocenters. The quantitative estimate of drug-likeness (QED) is 0.442. The normalized spacial score (nSPS) is 14.5. The van der Waals surface area contributed by atoms with Gasteiger partial charge in [-0.3, -0.25) is 19.7 Å². The molecule has 0 aliphatic carbocycles. The molecule has 2 aromatic carbocycles. The summed E-state index contributed by atoms with van der Waals surface area (Å²) in [5.41, 5.74) is 0.225. The number of hydrazone groups is 1. The average Bonchev–Trinajstić information content (AvgIpc) is 2.74. The lowest BCUT2D eigenvalue weighted by atomic mass is 10.1. The molecule has 0 radical (unpaired) electrons. The van der Waals surface area contributed by atoms with Crippen LogP contribution in [0.1, 0.15) is 19.8 Å². The first kappa shape index (κ1) is 20.6. The number of carbonyl (C=O) groups is 3. The van der Waals surface area contributed by atoms with Gasteiger partial charge >= 0.3 is 5.97 Å². The first-order valence-corrected chi connectivity index (χ1v) is 9.07. The van der Waals surface area contributed by atoms with Crippen molar-refractivity contribution in [1.82, 2.24) is 0 Å². The number of para-hydroxylation sites is 3. The van der Waals surface area contributed by atoms with Gasteiger partial charge in [0.25, 0.3) is 11.6 Å². The van der Waals surface area contributed by atoms with Crippen LogP contribution < -0.4 is 10.3 Å². The maximum Gasteiger partial charge on any atom is 0.355 e. The van der Waals surface area contributed by atoms with Gasteiger partial charge in [0.1, 0.15) is 11.4 Å². The zero-order valence-electron chi connectivity index (χ0n) is 16.0. The molecule has 1 aliphatic rings. The van der Waals surface area contributed by atoms with Crippen molar-refractivity contribution in [1.29, 1.82) is 0 Å². The molecule has 3 rings (SSSR count). The van der Waals surface area contributed by atoms with Crippen molar-refractivity contribution in [2.45, 2.75) is 25.9 Å². The summed E-state index contributed by atoms with van der Waals surface area (Å²) in [6, 6.07) is 14.2. The fourth-order valence-electron chi connectivity index (χ4n) is 2.73. The van der Waals surface area contributed by atoms with Gasteiger partial charge in [0.2, 0.25) is 5.91 Å². The number of nitro benzene ring substituents is 1. The fourth-order valence-corrected chi connectivity index (χ4v) is 2.73. The van der Waals surface area contributed by atoms with E-state index in [2.05, 4.69) is 10.4 Å². The van der Waals surface area contributed by atoms with Crippen LogP contribution in [0.5, 0.6) is 0 Å². The summed E-state index contributed by atoms with van der Waals surface area (Å²) in [4.78, 5) is 47.3. The van der Waals surface area contributed by atoms with Gasteiger partial charge in [0.05, 0.1) is 10.6 Å². The smallest absolute Gasteiger partial charge is 0.355 e. The van der Waals surface area contributed by atoms with Crippen molar-refractivity contribution < 1.29 is 24.0 Å². The molecule has 1 heterocycles. The summed E-state index contributed by atoms with van der Waals surface area (Å²) in [7, 11) is 0. The minimum Gasteiger partial charge on any atom is -0.448 e. The molecule has 0 fully saturated rings. The maximum absolute atomic E-state index is 12.4. The number of amides is 2. The van der Waals surface area contributed by atoms with Crippen LogP contribution in [0.3, 0.4) is 0 Å². The molecule has 0 aromatic heterocycles. The van der Waals surface area contributed by atoms with Crippen LogP contribution in [0.15, 0.2) is 59.7 Å². The SMILES string of the molecule is CC(OC(=O)C1=NN(c2ccccc2)C(=O)CC1)C(=O)Nc1ccccc1[N+](=O)[O-].